The van der Waals surface area contributed by atoms with Crippen LogP contribution in [0.4, 0.5) is 17.3 Å². The van der Waals surface area contributed by atoms with Crippen LogP contribution in [0, 0.1) is 0 Å². The normalized spacial score (nSPS) is 14.1. The van der Waals surface area contributed by atoms with E-state index in [1.807, 2.05) is 47.1 Å². The van der Waals surface area contributed by atoms with Crippen LogP contribution >= 0.6 is 0 Å². The summed E-state index contributed by atoms with van der Waals surface area (Å²) in [6.45, 7) is 3.40. The lowest BCUT2D eigenvalue weighted by atomic mass is 10.1. The highest BCUT2D eigenvalue weighted by molar-refractivity contribution is 5.68. The molecule has 2 aromatic heterocycles. The molecule has 1 aliphatic heterocycles. The molecule has 0 aliphatic carbocycles. The molecule has 1 saturated heterocycles. The second-order valence-corrected chi connectivity index (χ2v) is 7.14. The first kappa shape index (κ1) is 18.4. The molecule has 7 nitrogen and oxygen atoms in total. The molecular weight excluding hydrogens is 378 g/mol. The highest BCUT2D eigenvalue weighted by Gasteiger charge is 2.12. The van der Waals surface area contributed by atoms with Crippen molar-refractivity contribution in [3.63, 3.8) is 0 Å². The van der Waals surface area contributed by atoms with Crippen molar-refractivity contribution in [1.29, 1.82) is 0 Å². The average Bonchev–Trinajstić information content (AvgIpc) is 3.23. The maximum atomic E-state index is 5.43. The number of anilines is 3. The highest BCUT2D eigenvalue weighted by Crippen LogP contribution is 2.26. The van der Waals surface area contributed by atoms with Crippen molar-refractivity contribution in [2.75, 3.05) is 43.6 Å². The van der Waals surface area contributed by atoms with Gasteiger partial charge < -0.3 is 19.7 Å². The predicted octanol–water partition coefficient (Wildman–Crippen LogP) is 3.99. The Morgan fingerprint density at radius 3 is 2.63 bits per heavy atom. The number of nitrogens with zero attached hydrogens (tertiary/aromatic N) is 4. The average molecular weight is 401 g/mol. The van der Waals surface area contributed by atoms with Crippen LogP contribution in [0.2, 0.25) is 0 Å². The summed E-state index contributed by atoms with van der Waals surface area (Å²) in [6.07, 6.45) is 1.82. The molecule has 5 rings (SSSR count). The fourth-order valence-electron chi connectivity index (χ4n) is 3.67. The Hall–Kier alpha value is -3.58. The summed E-state index contributed by atoms with van der Waals surface area (Å²) >= 11 is 0. The number of fused-ring (bicyclic) bond motifs is 1. The SMILES string of the molecule is COc1cccc(-c2ccc3cnc(Nc4ccc(N5CCOCC5)cc4)nn23)c1. The van der Waals surface area contributed by atoms with Crippen LogP contribution in [0.1, 0.15) is 0 Å². The van der Waals surface area contributed by atoms with Gasteiger partial charge >= 0.3 is 0 Å². The Morgan fingerprint density at radius 2 is 1.83 bits per heavy atom. The molecule has 152 valence electrons. The maximum absolute atomic E-state index is 5.43. The van der Waals surface area contributed by atoms with E-state index in [4.69, 9.17) is 14.6 Å². The van der Waals surface area contributed by atoms with Gasteiger partial charge in [0.2, 0.25) is 5.95 Å². The zero-order valence-corrected chi connectivity index (χ0v) is 16.8. The quantitative estimate of drug-likeness (QED) is 0.546. The van der Waals surface area contributed by atoms with E-state index in [1.165, 1.54) is 5.69 Å². The van der Waals surface area contributed by atoms with Crippen LogP contribution in [0.15, 0.2) is 66.9 Å². The molecule has 1 aliphatic rings. The Morgan fingerprint density at radius 1 is 1.00 bits per heavy atom. The lowest BCUT2D eigenvalue weighted by Gasteiger charge is -2.28. The predicted molar refractivity (Wildman–Crippen MR) is 118 cm³/mol. The topological polar surface area (TPSA) is 63.9 Å². The van der Waals surface area contributed by atoms with Gasteiger partial charge in [0.05, 0.1) is 37.7 Å². The first-order chi connectivity index (χ1) is 14.8. The van der Waals surface area contributed by atoms with E-state index in [1.54, 1.807) is 7.11 Å². The smallest absolute Gasteiger partial charge is 0.245 e. The minimum absolute atomic E-state index is 0.543. The van der Waals surface area contributed by atoms with Gasteiger partial charge in [-0.15, -0.1) is 5.10 Å². The van der Waals surface area contributed by atoms with Crippen molar-refractivity contribution in [1.82, 2.24) is 14.6 Å². The first-order valence-corrected chi connectivity index (χ1v) is 9.99. The number of benzene rings is 2. The van der Waals surface area contributed by atoms with Crippen molar-refractivity contribution in [3.05, 3.63) is 66.9 Å². The Kier molecular flexibility index (Phi) is 4.94. The van der Waals surface area contributed by atoms with E-state index in [-0.39, 0.29) is 0 Å². The van der Waals surface area contributed by atoms with Gasteiger partial charge in [-0.1, -0.05) is 12.1 Å². The number of methoxy groups -OCH3 is 1. The van der Waals surface area contributed by atoms with Gasteiger partial charge in [0.25, 0.3) is 0 Å². The second-order valence-electron chi connectivity index (χ2n) is 7.14. The van der Waals surface area contributed by atoms with Gasteiger partial charge in [0.1, 0.15) is 5.75 Å². The van der Waals surface area contributed by atoms with Crippen molar-refractivity contribution in [3.8, 4) is 17.0 Å². The molecule has 2 aromatic carbocycles. The standard InChI is InChI=1S/C23H23N5O2/c1-29-21-4-2-3-17(15-21)22-10-9-20-16-24-23(26-28(20)22)25-18-5-7-19(8-6-18)27-11-13-30-14-12-27/h2-10,15-16H,11-14H2,1H3,(H,25,26). The molecule has 1 N–H and O–H groups in total. The van der Waals surface area contributed by atoms with Crippen molar-refractivity contribution in [2.24, 2.45) is 0 Å². The molecule has 30 heavy (non-hydrogen) atoms. The Bertz CT molecular complexity index is 1150. The van der Waals surface area contributed by atoms with Crippen molar-refractivity contribution >= 4 is 22.8 Å². The minimum atomic E-state index is 0.543. The minimum Gasteiger partial charge on any atom is -0.497 e. The number of morpholine rings is 1. The monoisotopic (exact) mass is 401 g/mol. The van der Waals surface area contributed by atoms with Gasteiger partial charge in [-0.3, -0.25) is 0 Å². The molecule has 1 fully saturated rings. The van der Waals surface area contributed by atoms with Crippen LogP contribution in [-0.2, 0) is 4.74 Å². The van der Waals surface area contributed by atoms with Crippen LogP contribution in [0.3, 0.4) is 0 Å². The summed E-state index contributed by atoms with van der Waals surface area (Å²) in [5.74, 6) is 1.36. The lowest BCUT2D eigenvalue weighted by molar-refractivity contribution is 0.122. The van der Waals surface area contributed by atoms with E-state index in [9.17, 15) is 0 Å². The fourth-order valence-corrected chi connectivity index (χ4v) is 3.67. The summed E-state index contributed by atoms with van der Waals surface area (Å²) in [6, 6.07) is 20.3. The summed E-state index contributed by atoms with van der Waals surface area (Å²) in [4.78, 5) is 6.79. The van der Waals surface area contributed by atoms with Crippen LogP contribution < -0.4 is 15.0 Å². The number of aromatic nitrogens is 3. The van der Waals surface area contributed by atoms with Gasteiger partial charge in [-0.25, -0.2) is 9.50 Å². The molecule has 0 unspecified atom stereocenters. The van der Waals surface area contributed by atoms with Gasteiger partial charge in [0.15, 0.2) is 0 Å². The summed E-state index contributed by atoms with van der Waals surface area (Å²) < 4.78 is 12.7. The van der Waals surface area contributed by atoms with E-state index < -0.39 is 0 Å². The Balaban J connectivity index is 1.39. The summed E-state index contributed by atoms with van der Waals surface area (Å²) in [5.41, 5.74) is 5.10. The molecule has 0 atom stereocenters. The summed E-state index contributed by atoms with van der Waals surface area (Å²) in [5, 5.41) is 8.01. The third kappa shape index (κ3) is 3.67. The molecule has 3 heterocycles. The summed E-state index contributed by atoms with van der Waals surface area (Å²) in [7, 11) is 1.67. The number of rotatable bonds is 5. The van der Waals surface area contributed by atoms with Crippen LogP contribution in [0.25, 0.3) is 16.8 Å². The number of ether oxygens (including phenoxy) is 2. The lowest BCUT2D eigenvalue weighted by Crippen LogP contribution is -2.36. The van der Waals surface area contributed by atoms with Gasteiger partial charge in [0, 0.05) is 30.0 Å². The van der Waals surface area contributed by atoms with Crippen molar-refractivity contribution < 1.29 is 9.47 Å². The largest absolute Gasteiger partial charge is 0.497 e. The molecular formula is C23H23N5O2. The van der Waals surface area contributed by atoms with Crippen molar-refractivity contribution in [2.45, 2.75) is 0 Å². The van der Waals surface area contributed by atoms with Crippen LogP contribution in [0.5, 0.6) is 5.75 Å². The molecule has 0 spiro atoms. The third-order valence-electron chi connectivity index (χ3n) is 5.26. The molecule has 0 bridgehead atoms. The highest BCUT2D eigenvalue weighted by atomic mass is 16.5. The first-order valence-electron chi connectivity index (χ1n) is 9.99. The molecule has 0 saturated carbocycles. The van der Waals surface area contributed by atoms with E-state index in [0.29, 0.717) is 5.95 Å². The van der Waals surface area contributed by atoms with Crippen LogP contribution in [-0.4, -0.2) is 48.0 Å². The third-order valence-corrected chi connectivity index (χ3v) is 5.26. The second kappa shape index (κ2) is 8.04. The molecule has 0 radical (unpaired) electrons. The van der Waals surface area contributed by atoms with Gasteiger partial charge in [-0.2, -0.15) is 0 Å². The number of hydrogen-bond donors (Lipinski definition) is 1. The number of nitrogens with one attached hydrogen (secondary N) is 1. The van der Waals surface area contributed by atoms with Gasteiger partial charge in [-0.05, 0) is 48.5 Å². The fraction of sp³-hybridized carbons (Fsp3) is 0.217. The maximum Gasteiger partial charge on any atom is 0.245 e. The Labute approximate surface area is 174 Å². The molecule has 7 heteroatoms. The van der Waals surface area contributed by atoms with E-state index in [0.717, 1.165) is 54.5 Å². The zero-order valence-electron chi connectivity index (χ0n) is 16.8. The molecule has 0 amide bonds. The zero-order chi connectivity index (χ0) is 20.3. The number of hydrogen-bond acceptors (Lipinski definition) is 6. The van der Waals surface area contributed by atoms with E-state index >= 15 is 0 Å². The molecule has 4 aromatic rings. The van der Waals surface area contributed by atoms with E-state index in [2.05, 4.69) is 39.5 Å².